The van der Waals surface area contributed by atoms with Crippen molar-refractivity contribution in [2.24, 2.45) is 5.92 Å². The van der Waals surface area contributed by atoms with E-state index in [-0.39, 0.29) is 0 Å². The van der Waals surface area contributed by atoms with Crippen LogP contribution in [0.2, 0.25) is 0 Å². The van der Waals surface area contributed by atoms with Gasteiger partial charge < -0.3 is 0 Å². The van der Waals surface area contributed by atoms with E-state index in [9.17, 15) is 0 Å². The predicted molar refractivity (Wildman–Crippen MR) is 83.4 cm³/mol. The van der Waals surface area contributed by atoms with Gasteiger partial charge >= 0.3 is 0 Å². The first kappa shape index (κ1) is 14.0. The molecule has 1 fully saturated rings. The van der Waals surface area contributed by atoms with Gasteiger partial charge in [-0.25, -0.2) is 0 Å². The molecule has 0 radical (unpaired) electrons. The van der Waals surface area contributed by atoms with Crippen molar-refractivity contribution in [2.75, 3.05) is 0 Å². The van der Waals surface area contributed by atoms with Crippen molar-refractivity contribution in [3.05, 3.63) is 35.4 Å². The van der Waals surface area contributed by atoms with Crippen molar-refractivity contribution in [2.45, 2.75) is 63.5 Å². The number of benzene rings is 1. The van der Waals surface area contributed by atoms with Crippen molar-refractivity contribution >= 4 is 12.6 Å². The SMILES string of the molecule is CCCCC1CCC(c2ccc(CS)cc2)CC1. The van der Waals surface area contributed by atoms with E-state index in [4.69, 9.17) is 0 Å². The Labute approximate surface area is 118 Å². The summed E-state index contributed by atoms with van der Waals surface area (Å²) in [4.78, 5) is 0. The molecular formula is C17H26S. The second-order valence-corrected chi connectivity index (χ2v) is 6.08. The molecule has 0 heterocycles. The van der Waals surface area contributed by atoms with Gasteiger partial charge in [-0.3, -0.25) is 0 Å². The lowest BCUT2D eigenvalue weighted by molar-refractivity contribution is 0.304. The summed E-state index contributed by atoms with van der Waals surface area (Å²) in [5, 5.41) is 0. The summed E-state index contributed by atoms with van der Waals surface area (Å²) in [6.07, 6.45) is 9.92. The fraction of sp³-hybridized carbons (Fsp3) is 0.647. The van der Waals surface area contributed by atoms with Crippen LogP contribution in [0.5, 0.6) is 0 Å². The molecule has 0 N–H and O–H groups in total. The minimum atomic E-state index is 0.817. The molecule has 1 saturated carbocycles. The first-order valence-corrected chi connectivity index (χ1v) is 8.16. The maximum atomic E-state index is 4.32. The van der Waals surface area contributed by atoms with E-state index in [1.54, 1.807) is 5.56 Å². The summed E-state index contributed by atoms with van der Waals surface area (Å²) in [5.74, 6) is 2.68. The number of unbranched alkanes of at least 4 members (excludes halogenated alkanes) is 1. The molecule has 1 aliphatic carbocycles. The Balaban J connectivity index is 1.84. The molecule has 1 aromatic carbocycles. The fourth-order valence-corrected chi connectivity index (χ4v) is 3.38. The minimum Gasteiger partial charge on any atom is -0.175 e. The van der Waals surface area contributed by atoms with Crippen molar-refractivity contribution in [1.82, 2.24) is 0 Å². The number of hydrogen-bond acceptors (Lipinski definition) is 1. The Morgan fingerprint density at radius 3 is 2.28 bits per heavy atom. The van der Waals surface area contributed by atoms with Gasteiger partial charge in [0.2, 0.25) is 0 Å². The quantitative estimate of drug-likeness (QED) is 0.658. The topological polar surface area (TPSA) is 0 Å². The highest BCUT2D eigenvalue weighted by molar-refractivity contribution is 7.79. The van der Waals surface area contributed by atoms with Crippen molar-refractivity contribution in [3.8, 4) is 0 Å². The van der Waals surface area contributed by atoms with Crippen LogP contribution >= 0.6 is 12.6 Å². The second-order valence-electron chi connectivity index (χ2n) is 5.76. The lowest BCUT2D eigenvalue weighted by atomic mass is 9.77. The first-order valence-electron chi connectivity index (χ1n) is 7.53. The highest BCUT2D eigenvalue weighted by Gasteiger charge is 2.21. The highest BCUT2D eigenvalue weighted by Crippen LogP contribution is 2.37. The monoisotopic (exact) mass is 262 g/mol. The Hall–Kier alpha value is -0.430. The third-order valence-corrected chi connectivity index (χ3v) is 4.81. The highest BCUT2D eigenvalue weighted by atomic mass is 32.1. The molecular weight excluding hydrogens is 236 g/mol. The molecule has 0 amide bonds. The van der Waals surface area contributed by atoms with Gasteiger partial charge in [0.05, 0.1) is 0 Å². The van der Waals surface area contributed by atoms with E-state index < -0.39 is 0 Å². The summed E-state index contributed by atoms with van der Waals surface area (Å²) in [7, 11) is 0. The van der Waals surface area contributed by atoms with Gasteiger partial charge in [-0.2, -0.15) is 12.6 Å². The minimum absolute atomic E-state index is 0.817. The van der Waals surface area contributed by atoms with E-state index in [2.05, 4.69) is 43.8 Å². The average molecular weight is 262 g/mol. The second kappa shape index (κ2) is 7.23. The Bertz CT molecular complexity index is 333. The van der Waals surface area contributed by atoms with Crippen LogP contribution in [0.1, 0.15) is 68.9 Å². The van der Waals surface area contributed by atoms with E-state index in [0.29, 0.717) is 0 Å². The summed E-state index contributed by atoms with van der Waals surface area (Å²) in [6, 6.07) is 9.13. The van der Waals surface area contributed by atoms with E-state index >= 15 is 0 Å². The molecule has 1 aliphatic rings. The standard InChI is InChI=1S/C17H26S/c1-2-3-4-14-5-9-16(10-6-14)17-11-7-15(13-18)8-12-17/h7-8,11-12,14,16,18H,2-6,9-10,13H2,1H3. The third-order valence-electron chi connectivity index (χ3n) is 4.45. The lowest BCUT2D eigenvalue weighted by Crippen LogP contribution is -2.13. The molecule has 0 saturated heterocycles. The van der Waals surface area contributed by atoms with E-state index in [1.165, 1.54) is 50.5 Å². The van der Waals surface area contributed by atoms with Crippen molar-refractivity contribution in [3.63, 3.8) is 0 Å². The van der Waals surface area contributed by atoms with Crippen LogP contribution in [0, 0.1) is 5.92 Å². The van der Waals surface area contributed by atoms with Crippen LogP contribution in [0.4, 0.5) is 0 Å². The number of thiol groups is 1. The molecule has 0 atom stereocenters. The van der Waals surface area contributed by atoms with Gasteiger partial charge in [0.25, 0.3) is 0 Å². The van der Waals surface area contributed by atoms with Gasteiger partial charge in [0.15, 0.2) is 0 Å². The summed E-state index contributed by atoms with van der Waals surface area (Å²) in [5.41, 5.74) is 2.88. The smallest absolute Gasteiger partial charge is 0.0154 e. The van der Waals surface area contributed by atoms with Crippen LogP contribution in [0.25, 0.3) is 0 Å². The van der Waals surface area contributed by atoms with Crippen LogP contribution < -0.4 is 0 Å². The van der Waals surface area contributed by atoms with Gasteiger partial charge in [0.1, 0.15) is 0 Å². The molecule has 1 heteroatoms. The average Bonchev–Trinajstić information content (AvgIpc) is 2.46. The Morgan fingerprint density at radius 2 is 1.72 bits per heavy atom. The summed E-state index contributed by atoms with van der Waals surface area (Å²) < 4.78 is 0. The van der Waals surface area contributed by atoms with Gasteiger partial charge in [-0.15, -0.1) is 0 Å². The molecule has 0 aliphatic heterocycles. The van der Waals surface area contributed by atoms with Crippen LogP contribution in [-0.2, 0) is 5.75 Å². The third kappa shape index (κ3) is 3.78. The van der Waals surface area contributed by atoms with Crippen LogP contribution in [-0.4, -0.2) is 0 Å². The molecule has 100 valence electrons. The molecule has 2 rings (SSSR count). The van der Waals surface area contributed by atoms with Gasteiger partial charge in [-0.05, 0) is 48.6 Å². The fourth-order valence-electron chi connectivity index (χ4n) is 3.17. The van der Waals surface area contributed by atoms with Crippen molar-refractivity contribution in [1.29, 1.82) is 0 Å². The molecule has 0 bridgehead atoms. The molecule has 0 aromatic heterocycles. The Morgan fingerprint density at radius 1 is 1.06 bits per heavy atom. The largest absolute Gasteiger partial charge is 0.175 e. The van der Waals surface area contributed by atoms with E-state index in [1.807, 2.05) is 0 Å². The zero-order valence-corrected chi connectivity index (χ0v) is 12.5. The normalized spacial score (nSPS) is 24.1. The Kier molecular flexibility index (Phi) is 5.62. The molecule has 0 nitrogen and oxygen atoms in total. The maximum absolute atomic E-state index is 4.32. The molecule has 1 aromatic rings. The van der Waals surface area contributed by atoms with Gasteiger partial charge in [-0.1, -0.05) is 50.5 Å². The summed E-state index contributed by atoms with van der Waals surface area (Å²) >= 11 is 4.32. The van der Waals surface area contributed by atoms with Crippen LogP contribution in [0.3, 0.4) is 0 Å². The molecule has 0 spiro atoms. The molecule has 18 heavy (non-hydrogen) atoms. The predicted octanol–water partition coefficient (Wildman–Crippen LogP) is 5.58. The van der Waals surface area contributed by atoms with Crippen LogP contribution in [0.15, 0.2) is 24.3 Å². The number of rotatable bonds is 5. The zero-order valence-electron chi connectivity index (χ0n) is 11.6. The lowest BCUT2D eigenvalue weighted by Gasteiger charge is -2.28. The molecule has 0 unspecified atom stereocenters. The van der Waals surface area contributed by atoms with E-state index in [0.717, 1.165) is 17.6 Å². The first-order chi connectivity index (χ1) is 8.83. The summed E-state index contributed by atoms with van der Waals surface area (Å²) in [6.45, 7) is 2.30. The van der Waals surface area contributed by atoms with Crippen molar-refractivity contribution < 1.29 is 0 Å². The zero-order chi connectivity index (χ0) is 12.8. The maximum Gasteiger partial charge on any atom is 0.0154 e. The number of hydrogen-bond donors (Lipinski definition) is 1. The van der Waals surface area contributed by atoms with Gasteiger partial charge in [0, 0.05) is 5.75 Å².